The van der Waals surface area contributed by atoms with Gasteiger partial charge in [0.2, 0.25) is 10.0 Å². The van der Waals surface area contributed by atoms with Crippen molar-refractivity contribution < 1.29 is 23.1 Å². The lowest BCUT2D eigenvalue weighted by atomic mass is 9.75. The van der Waals surface area contributed by atoms with Gasteiger partial charge in [-0.2, -0.15) is 0 Å². The summed E-state index contributed by atoms with van der Waals surface area (Å²) >= 11 is 0. The van der Waals surface area contributed by atoms with Gasteiger partial charge in [0.25, 0.3) is 0 Å². The van der Waals surface area contributed by atoms with Crippen molar-refractivity contribution in [3.05, 3.63) is 0 Å². The van der Waals surface area contributed by atoms with Crippen LogP contribution in [0.1, 0.15) is 38.5 Å². The highest BCUT2D eigenvalue weighted by molar-refractivity contribution is 7.90. The second-order valence-electron chi connectivity index (χ2n) is 5.16. The van der Waals surface area contributed by atoms with E-state index in [1.54, 1.807) is 0 Å². The summed E-state index contributed by atoms with van der Waals surface area (Å²) in [5.74, 6) is -0.954. The Morgan fingerprint density at radius 3 is 2.39 bits per heavy atom. The molecule has 0 unspecified atom stereocenters. The van der Waals surface area contributed by atoms with E-state index in [9.17, 15) is 13.2 Å². The van der Waals surface area contributed by atoms with Gasteiger partial charge in [-0.3, -0.25) is 4.79 Å². The number of carboxylic acids is 1. The molecule has 7 heteroatoms. The van der Waals surface area contributed by atoms with Gasteiger partial charge in [-0.25, -0.2) is 13.1 Å². The number of rotatable bonds is 5. The molecular weight excluding hydrogens is 258 g/mol. The highest BCUT2D eigenvalue weighted by Crippen LogP contribution is 2.36. The lowest BCUT2D eigenvalue weighted by molar-refractivity contribution is -0.139. The minimum Gasteiger partial charge on any atom is -0.481 e. The Bertz CT molecular complexity index is 409. The van der Waals surface area contributed by atoms with Gasteiger partial charge in [0.1, 0.15) is 0 Å². The lowest BCUT2D eigenvalue weighted by Gasteiger charge is -2.42. The molecule has 0 aromatic carbocycles. The van der Waals surface area contributed by atoms with Crippen LogP contribution < -0.4 is 4.72 Å². The monoisotopic (exact) mass is 277 g/mol. The minimum absolute atomic E-state index is 0.130. The Balaban J connectivity index is 2.03. The molecule has 18 heavy (non-hydrogen) atoms. The van der Waals surface area contributed by atoms with Gasteiger partial charge in [0.15, 0.2) is 0 Å². The van der Waals surface area contributed by atoms with Gasteiger partial charge in [-0.05, 0) is 32.1 Å². The van der Waals surface area contributed by atoms with Crippen LogP contribution in [-0.4, -0.2) is 43.5 Å². The number of ether oxygens (including phenoxy) is 1. The van der Waals surface area contributed by atoms with Gasteiger partial charge in [-0.15, -0.1) is 0 Å². The molecule has 0 atom stereocenters. The molecule has 0 spiro atoms. The van der Waals surface area contributed by atoms with E-state index in [2.05, 4.69) is 4.72 Å². The standard InChI is InChI=1S/C11H19NO5S/c13-10(14)8-11(4-1-5-11)12-18(15,16)9-2-6-17-7-3-9/h9,12H,1-8H2,(H,13,14). The molecule has 1 aliphatic heterocycles. The summed E-state index contributed by atoms with van der Waals surface area (Å²) in [5, 5.41) is 8.42. The Kier molecular flexibility index (Phi) is 3.93. The zero-order valence-corrected chi connectivity index (χ0v) is 11.0. The van der Waals surface area contributed by atoms with Crippen LogP contribution in [0.3, 0.4) is 0 Å². The van der Waals surface area contributed by atoms with E-state index >= 15 is 0 Å². The van der Waals surface area contributed by atoms with E-state index in [0.717, 1.165) is 6.42 Å². The number of hydrogen-bond acceptors (Lipinski definition) is 4. The van der Waals surface area contributed by atoms with Crippen LogP contribution in [0.2, 0.25) is 0 Å². The third-order valence-electron chi connectivity index (χ3n) is 3.77. The van der Waals surface area contributed by atoms with Crippen molar-refractivity contribution in [2.45, 2.75) is 49.3 Å². The molecule has 104 valence electrons. The number of nitrogens with one attached hydrogen (secondary N) is 1. The Morgan fingerprint density at radius 1 is 1.33 bits per heavy atom. The summed E-state index contributed by atoms with van der Waals surface area (Å²) in [5.41, 5.74) is -0.747. The SMILES string of the molecule is O=C(O)CC1(NS(=O)(=O)C2CCOCC2)CCC1. The summed E-state index contributed by atoms with van der Waals surface area (Å²) in [7, 11) is -3.44. The largest absolute Gasteiger partial charge is 0.481 e. The Labute approximate surface area is 107 Å². The van der Waals surface area contributed by atoms with Crippen molar-refractivity contribution in [2.75, 3.05) is 13.2 Å². The van der Waals surface area contributed by atoms with Gasteiger partial charge < -0.3 is 9.84 Å². The highest BCUT2D eigenvalue weighted by Gasteiger charge is 2.44. The van der Waals surface area contributed by atoms with E-state index in [1.807, 2.05) is 0 Å². The zero-order valence-electron chi connectivity index (χ0n) is 10.2. The van der Waals surface area contributed by atoms with Gasteiger partial charge in [-0.1, -0.05) is 0 Å². The van der Waals surface area contributed by atoms with Crippen molar-refractivity contribution in [3.63, 3.8) is 0 Å². The third kappa shape index (κ3) is 3.02. The van der Waals surface area contributed by atoms with E-state index in [1.165, 1.54) is 0 Å². The van der Waals surface area contributed by atoms with E-state index in [0.29, 0.717) is 38.9 Å². The van der Waals surface area contributed by atoms with Crippen LogP contribution in [0.4, 0.5) is 0 Å². The maximum atomic E-state index is 12.2. The fourth-order valence-electron chi connectivity index (χ4n) is 2.58. The van der Waals surface area contributed by atoms with Crippen molar-refractivity contribution >= 4 is 16.0 Å². The van der Waals surface area contributed by atoms with Crippen LogP contribution in [-0.2, 0) is 19.6 Å². The molecule has 1 saturated carbocycles. The maximum Gasteiger partial charge on any atom is 0.305 e. The molecule has 0 bridgehead atoms. The number of sulfonamides is 1. The van der Waals surface area contributed by atoms with Gasteiger partial charge in [0.05, 0.1) is 11.7 Å². The summed E-state index contributed by atoms with van der Waals surface area (Å²) in [6, 6.07) is 0. The van der Waals surface area contributed by atoms with Crippen LogP contribution in [0.5, 0.6) is 0 Å². The van der Waals surface area contributed by atoms with Crippen molar-refractivity contribution in [2.24, 2.45) is 0 Å². The van der Waals surface area contributed by atoms with E-state index in [4.69, 9.17) is 9.84 Å². The minimum atomic E-state index is -3.44. The number of hydrogen-bond donors (Lipinski definition) is 2. The molecule has 1 heterocycles. The predicted molar refractivity (Wildman–Crippen MR) is 64.7 cm³/mol. The number of carboxylic acid groups (broad SMARTS) is 1. The van der Waals surface area contributed by atoms with Crippen LogP contribution in [0.25, 0.3) is 0 Å². The Morgan fingerprint density at radius 2 is 1.94 bits per heavy atom. The average molecular weight is 277 g/mol. The van der Waals surface area contributed by atoms with E-state index in [-0.39, 0.29) is 6.42 Å². The molecule has 2 rings (SSSR count). The highest BCUT2D eigenvalue weighted by atomic mass is 32.2. The first-order valence-corrected chi connectivity index (χ1v) is 7.81. The van der Waals surface area contributed by atoms with E-state index < -0.39 is 26.8 Å². The van der Waals surface area contributed by atoms with Crippen LogP contribution >= 0.6 is 0 Å². The number of aliphatic carboxylic acids is 1. The third-order valence-corrected chi connectivity index (χ3v) is 5.83. The van der Waals surface area contributed by atoms with Crippen molar-refractivity contribution in [1.29, 1.82) is 0 Å². The first-order chi connectivity index (χ1) is 8.44. The smallest absolute Gasteiger partial charge is 0.305 e. The molecule has 2 aliphatic rings. The van der Waals surface area contributed by atoms with Crippen molar-refractivity contribution in [1.82, 2.24) is 4.72 Å². The van der Waals surface area contributed by atoms with Crippen molar-refractivity contribution in [3.8, 4) is 0 Å². The molecule has 1 aliphatic carbocycles. The zero-order chi connectivity index (χ0) is 13.2. The molecule has 0 aromatic rings. The normalized spacial score (nSPS) is 24.4. The topological polar surface area (TPSA) is 92.7 Å². The lowest BCUT2D eigenvalue weighted by Crippen LogP contribution is -2.57. The second kappa shape index (κ2) is 5.14. The fraction of sp³-hybridized carbons (Fsp3) is 0.909. The molecule has 0 aromatic heterocycles. The average Bonchev–Trinajstić information content (AvgIpc) is 2.26. The molecule has 1 saturated heterocycles. The molecule has 2 N–H and O–H groups in total. The molecule has 2 fully saturated rings. The second-order valence-corrected chi connectivity index (χ2v) is 7.12. The molecular formula is C11H19NO5S. The van der Waals surface area contributed by atoms with Crippen LogP contribution in [0, 0.1) is 0 Å². The maximum absolute atomic E-state index is 12.2. The van der Waals surface area contributed by atoms with Gasteiger partial charge >= 0.3 is 5.97 Å². The molecule has 0 radical (unpaired) electrons. The summed E-state index contributed by atoms with van der Waals surface area (Å²) in [6.07, 6.45) is 2.94. The first kappa shape index (κ1) is 13.8. The Hall–Kier alpha value is -0.660. The first-order valence-electron chi connectivity index (χ1n) is 6.26. The fourth-order valence-corrected chi connectivity index (χ4v) is 4.44. The number of carbonyl (C=O) groups is 1. The summed E-state index contributed by atoms with van der Waals surface area (Å²) in [4.78, 5) is 10.8. The summed E-state index contributed by atoms with van der Waals surface area (Å²) < 4.78 is 32.2. The quantitative estimate of drug-likeness (QED) is 0.762. The van der Waals surface area contributed by atoms with Crippen LogP contribution in [0.15, 0.2) is 0 Å². The molecule has 0 amide bonds. The molecule has 6 nitrogen and oxygen atoms in total. The summed E-state index contributed by atoms with van der Waals surface area (Å²) in [6.45, 7) is 0.912. The van der Waals surface area contributed by atoms with Gasteiger partial charge in [0, 0.05) is 18.8 Å². The predicted octanol–water partition coefficient (Wildman–Crippen LogP) is 0.482.